The van der Waals surface area contributed by atoms with Crippen molar-refractivity contribution in [1.82, 2.24) is 5.48 Å². The number of rotatable bonds is 2. The van der Waals surface area contributed by atoms with Gasteiger partial charge in [-0.15, -0.1) is 5.48 Å². The monoisotopic (exact) mass is 283 g/mol. The highest BCUT2D eigenvalue weighted by atomic mass is 79.9. The zero-order valence-corrected chi connectivity index (χ0v) is 10.1. The molecule has 1 heterocycles. The zero-order valence-electron chi connectivity index (χ0n) is 8.53. The van der Waals surface area contributed by atoms with Crippen LogP contribution < -0.4 is 5.48 Å². The van der Waals surface area contributed by atoms with Crippen molar-refractivity contribution in [2.45, 2.75) is 12.5 Å². The van der Waals surface area contributed by atoms with E-state index in [9.17, 15) is 4.79 Å². The normalized spacial score (nSPS) is 23.8. The second kappa shape index (κ2) is 3.92. The number of nitrogens with one attached hydrogen (secondary N) is 1. The molecule has 1 atom stereocenters. The van der Waals surface area contributed by atoms with Crippen LogP contribution in [0.3, 0.4) is 0 Å². The summed E-state index contributed by atoms with van der Waals surface area (Å²) in [7, 11) is 0. The van der Waals surface area contributed by atoms with Crippen LogP contribution in [0.1, 0.15) is 12.5 Å². The minimum absolute atomic E-state index is 0.525. The Bertz CT molecular complexity index is 455. The summed E-state index contributed by atoms with van der Waals surface area (Å²) in [5.41, 5.74) is 2.16. The molecule has 4 nitrogen and oxygen atoms in total. The van der Waals surface area contributed by atoms with Gasteiger partial charge in [0.05, 0.1) is 0 Å². The van der Waals surface area contributed by atoms with Crippen molar-refractivity contribution in [3.05, 3.63) is 40.4 Å². The topological polar surface area (TPSA) is 58.6 Å². The molecule has 0 amide bonds. The first-order valence-electron chi connectivity index (χ1n) is 4.67. The van der Waals surface area contributed by atoms with Crippen LogP contribution in [0.5, 0.6) is 0 Å². The zero-order chi connectivity index (χ0) is 11.8. The Morgan fingerprint density at radius 3 is 2.56 bits per heavy atom. The van der Waals surface area contributed by atoms with Crippen LogP contribution >= 0.6 is 15.9 Å². The van der Waals surface area contributed by atoms with Gasteiger partial charge in [0.15, 0.2) is 11.3 Å². The lowest BCUT2D eigenvalue weighted by Crippen LogP contribution is -2.43. The van der Waals surface area contributed by atoms with Crippen LogP contribution in [0.2, 0.25) is 0 Å². The molecule has 1 unspecified atom stereocenters. The highest BCUT2D eigenvalue weighted by molar-refractivity contribution is 9.10. The second-order valence-electron chi connectivity index (χ2n) is 3.73. The third kappa shape index (κ3) is 1.96. The lowest BCUT2D eigenvalue weighted by Gasteiger charge is -2.13. The van der Waals surface area contributed by atoms with Gasteiger partial charge in [-0.25, -0.2) is 4.79 Å². The van der Waals surface area contributed by atoms with Crippen molar-refractivity contribution in [2.24, 2.45) is 0 Å². The van der Waals surface area contributed by atoms with Crippen molar-refractivity contribution >= 4 is 27.7 Å². The molecule has 0 spiro atoms. The van der Waals surface area contributed by atoms with Gasteiger partial charge in [-0.3, -0.25) is 0 Å². The molecule has 5 heteroatoms. The summed E-state index contributed by atoms with van der Waals surface area (Å²) in [5.74, 6) is -0.447. The molecule has 1 aliphatic heterocycles. The first kappa shape index (κ1) is 11.2. The molecule has 0 saturated heterocycles. The standard InChI is InChI=1S/C11H10BrNO3/c1-11(10(14)15)6-9(16-13-11)7-2-4-8(12)5-3-7/h2-6,13H,1H3,(H,14,15). The second-order valence-corrected chi connectivity index (χ2v) is 4.64. The lowest BCUT2D eigenvalue weighted by atomic mass is 10.0. The number of halogens is 1. The van der Waals surface area contributed by atoms with Crippen molar-refractivity contribution in [2.75, 3.05) is 0 Å². The Hall–Kier alpha value is -1.33. The molecule has 2 N–H and O–H groups in total. The minimum Gasteiger partial charge on any atom is -0.480 e. The average molecular weight is 284 g/mol. The largest absolute Gasteiger partial charge is 0.480 e. The molecule has 1 aliphatic rings. The Morgan fingerprint density at radius 1 is 1.44 bits per heavy atom. The number of hydrogen-bond acceptors (Lipinski definition) is 3. The van der Waals surface area contributed by atoms with Gasteiger partial charge in [0.2, 0.25) is 0 Å². The Morgan fingerprint density at radius 2 is 2.06 bits per heavy atom. The van der Waals surface area contributed by atoms with Gasteiger partial charge in [-0.1, -0.05) is 28.1 Å². The average Bonchev–Trinajstić information content (AvgIpc) is 2.63. The van der Waals surface area contributed by atoms with Crippen LogP contribution in [0.15, 0.2) is 34.8 Å². The van der Waals surface area contributed by atoms with E-state index < -0.39 is 11.5 Å². The number of carboxylic acid groups (broad SMARTS) is 1. The highest BCUT2D eigenvalue weighted by Gasteiger charge is 2.37. The third-order valence-electron chi connectivity index (χ3n) is 2.37. The predicted octanol–water partition coefficient (Wildman–Crippen LogP) is 2.17. The molecule has 0 saturated carbocycles. The summed E-state index contributed by atoms with van der Waals surface area (Å²) in [6.07, 6.45) is 1.55. The fraction of sp³-hybridized carbons (Fsp3) is 0.182. The minimum atomic E-state index is -1.16. The highest BCUT2D eigenvalue weighted by Crippen LogP contribution is 2.26. The molecule has 0 aliphatic carbocycles. The van der Waals surface area contributed by atoms with Crippen molar-refractivity contribution in [3.63, 3.8) is 0 Å². The van der Waals surface area contributed by atoms with Gasteiger partial charge >= 0.3 is 5.97 Å². The number of benzene rings is 1. The maximum Gasteiger partial charge on any atom is 0.331 e. The summed E-state index contributed by atoms with van der Waals surface area (Å²) >= 11 is 3.33. The van der Waals surface area contributed by atoms with E-state index in [4.69, 9.17) is 9.94 Å². The maximum atomic E-state index is 11.0. The summed E-state index contributed by atoms with van der Waals surface area (Å²) in [6.45, 7) is 1.54. The number of carboxylic acids is 1. The lowest BCUT2D eigenvalue weighted by molar-refractivity contribution is -0.144. The smallest absolute Gasteiger partial charge is 0.331 e. The number of carbonyl (C=O) groups is 1. The van der Waals surface area contributed by atoms with E-state index >= 15 is 0 Å². The summed E-state index contributed by atoms with van der Waals surface area (Å²) in [5, 5.41) is 8.99. The molecule has 0 fully saturated rings. The molecular weight excluding hydrogens is 274 g/mol. The van der Waals surface area contributed by atoms with Gasteiger partial charge in [-0.05, 0) is 25.1 Å². The molecule has 0 radical (unpaired) electrons. The summed E-state index contributed by atoms with van der Waals surface area (Å²) in [6, 6.07) is 7.45. The summed E-state index contributed by atoms with van der Waals surface area (Å²) < 4.78 is 0.962. The maximum absolute atomic E-state index is 11.0. The molecule has 0 aromatic heterocycles. The SMILES string of the molecule is CC1(C(=O)O)C=C(c2ccc(Br)cc2)ON1. The fourth-order valence-electron chi connectivity index (χ4n) is 1.34. The van der Waals surface area contributed by atoms with Crippen LogP contribution in [0.25, 0.3) is 5.76 Å². The predicted molar refractivity (Wildman–Crippen MR) is 62.4 cm³/mol. The van der Waals surface area contributed by atoms with Gasteiger partial charge in [-0.2, -0.15) is 0 Å². The third-order valence-corrected chi connectivity index (χ3v) is 2.89. The van der Waals surface area contributed by atoms with Gasteiger partial charge in [0, 0.05) is 10.0 Å². The molecule has 0 bridgehead atoms. The Balaban J connectivity index is 2.31. The van der Waals surface area contributed by atoms with Gasteiger partial charge in [0.25, 0.3) is 0 Å². The van der Waals surface area contributed by atoms with E-state index in [-0.39, 0.29) is 0 Å². The molecule has 1 aromatic carbocycles. The van der Waals surface area contributed by atoms with Crippen molar-refractivity contribution < 1.29 is 14.7 Å². The molecule has 84 valence electrons. The van der Waals surface area contributed by atoms with Crippen LogP contribution in [-0.2, 0) is 9.63 Å². The quantitative estimate of drug-likeness (QED) is 0.873. The first-order chi connectivity index (χ1) is 7.51. The fourth-order valence-corrected chi connectivity index (χ4v) is 1.61. The Labute approximate surface area is 101 Å². The number of hydrogen-bond donors (Lipinski definition) is 2. The van der Waals surface area contributed by atoms with Crippen molar-refractivity contribution in [1.29, 1.82) is 0 Å². The van der Waals surface area contributed by atoms with E-state index in [1.165, 1.54) is 0 Å². The molecular formula is C11H10BrNO3. The first-order valence-corrected chi connectivity index (χ1v) is 5.47. The summed E-state index contributed by atoms with van der Waals surface area (Å²) in [4.78, 5) is 16.1. The molecule has 1 aromatic rings. The van der Waals surface area contributed by atoms with E-state index in [1.54, 1.807) is 13.0 Å². The van der Waals surface area contributed by atoms with Gasteiger partial charge < -0.3 is 9.94 Å². The van der Waals surface area contributed by atoms with E-state index in [0.29, 0.717) is 5.76 Å². The van der Waals surface area contributed by atoms with E-state index in [0.717, 1.165) is 10.0 Å². The number of hydroxylamine groups is 1. The molecule has 2 rings (SSSR count). The molecule has 16 heavy (non-hydrogen) atoms. The number of aliphatic carboxylic acids is 1. The van der Waals surface area contributed by atoms with Crippen molar-refractivity contribution in [3.8, 4) is 0 Å². The van der Waals surface area contributed by atoms with E-state index in [2.05, 4.69) is 21.4 Å². The van der Waals surface area contributed by atoms with E-state index in [1.807, 2.05) is 24.3 Å². The Kier molecular flexibility index (Phi) is 2.73. The van der Waals surface area contributed by atoms with Gasteiger partial charge in [0.1, 0.15) is 0 Å². The van der Waals surface area contributed by atoms with Crippen LogP contribution in [0, 0.1) is 0 Å². The van der Waals surface area contributed by atoms with Crippen LogP contribution in [0.4, 0.5) is 0 Å². The van der Waals surface area contributed by atoms with Crippen LogP contribution in [-0.4, -0.2) is 16.6 Å².